The summed E-state index contributed by atoms with van der Waals surface area (Å²) in [5.74, 6) is 0.462. The monoisotopic (exact) mass is 486 g/mol. The molecule has 34 heavy (non-hydrogen) atoms. The third-order valence-electron chi connectivity index (χ3n) is 6.95. The maximum atomic E-state index is 10.6. The van der Waals surface area contributed by atoms with Gasteiger partial charge in [-0.25, -0.2) is 9.97 Å². The summed E-state index contributed by atoms with van der Waals surface area (Å²) in [6.07, 6.45) is 2.16. The third-order valence-corrected chi connectivity index (χ3v) is 7.98. The number of aromatic nitrogens is 4. The van der Waals surface area contributed by atoms with Crippen LogP contribution in [0.4, 0.5) is 11.8 Å². The van der Waals surface area contributed by atoms with Crippen molar-refractivity contribution in [2.24, 2.45) is 5.92 Å². The second kappa shape index (κ2) is 9.31. The molecule has 3 aromatic rings. The lowest BCUT2D eigenvalue weighted by atomic mass is 10.1. The Morgan fingerprint density at radius 1 is 1.00 bits per heavy atom. The number of hydrogen-bond acceptors (Lipinski definition) is 11. The van der Waals surface area contributed by atoms with Gasteiger partial charge in [-0.15, -0.1) is 11.3 Å². The Bertz CT molecular complexity index is 1190. The maximum absolute atomic E-state index is 10.6. The summed E-state index contributed by atoms with van der Waals surface area (Å²) in [4.78, 5) is 18.5. The normalized spacial score (nSPS) is 29.1. The van der Waals surface area contributed by atoms with E-state index < -0.39 is 30.3 Å². The molecule has 2 aliphatic carbocycles. The predicted molar refractivity (Wildman–Crippen MR) is 130 cm³/mol. The molecule has 0 radical (unpaired) electrons. The fourth-order valence-electron chi connectivity index (χ4n) is 4.99. The second-order valence-corrected chi connectivity index (χ2v) is 10.3. The number of aliphatic hydroxyl groups is 4. The van der Waals surface area contributed by atoms with Crippen LogP contribution in [0, 0.1) is 19.8 Å². The number of nitrogens with zero attached hydrogens (tertiary/aromatic N) is 4. The molecular formula is C23H30N6O4S. The number of fused-ring (bicyclic) bond motifs is 1. The van der Waals surface area contributed by atoms with E-state index in [4.69, 9.17) is 9.97 Å². The van der Waals surface area contributed by atoms with Gasteiger partial charge >= 0.3 is 0 Å². The molecule has 182 valence electrons. The maximum Gasteiger partial charge on any atom is 0.225 e. The number of rotatable bonds is 6. The smallest absolute Gasteiger partial charge is 0.225 e. The molecule has 2 fully saturated rings. The van der Waals surface area contributed by atoms with Gasteiger partial charge < -0.3 is 31.1 Å². The highest BCUT2D eigenvalue weighted by Gasteiger charge is 2.41. The van der Waals surface area contributed by atoms with Crippen LogP contribution in [0.2, 0.25) is 0 Å². The van der Waals surface area contributed by atoms with Crippen molar-refractivity contribution in [1.29, 1.82) is 0 Å². The van der Waals surface area contributed by atoms with Crippen molar-refractivity contribution in [3.05, 3.63) is 23.7 Å². The van der Waals surface area contributed by atoms with Gasteiger partial charge in [0.05, 0.1) is 45.9 Å². The number of thiazole rings is 1. The van der Waals surface area contributed by atoms with Crippen LogP contribution in [-0.4, -0.2) is 77.4 Å². The summed E-state index contributed by atoms with van der Waals surface area (Å²) in [5, 5.41) is 48.0. The molecule has 10 nitrogen and oxygen atoms in total. The zero-order chi connectivity index (χ0) is 24.0. The zero-order valence-electron chi connectivity index (χ0n) is 19.1. The molecule has 0 saturated heterocycles. The van der Waals surface area contributed by atoms with Gasteiger partial charge in [0.25, 0.3) is 0 Å². The first-order valence-corrected chi connectivity index (χ1v) is 12.5. The van der Waals surface area contributed by atoms with Crippen LogP contribution >= 0.6 is 11.3 Å². The lowest BCUT2D eigenvalue weighted by molar-refractivity contribution is 0.00446. The Balaban J connectivity index is 1.55. The Morgan fingerprint density at radius 3 is 2.50 bits per heavy atom. The topological polar surface area (TPSA) is 157 Å². The van der Waals surface area contributed by atoms with E-state index in [2.05, 4.69) is 20.6 Å². The van der Waals surface area contributed by atoms with Crippen molar-refractivity contribution >= 4 is 33.3 Å². The third kappa shape index (κ3) is 4.22. The lowest BCUT2D eigenvalue weighted by Crippen LogP contribution is -2.36. The quantitative estimate of drug-likeness (QED) is 0.302. The fraction of sp³-hybridized carbons (Fsp3) is 0.565. The zero-order valence-corrected chi connectivity index (χ0v) is 20.0. The molecule has 0 spiro atoms. The molecule has 3 heterocycles. The van der Waals surface area contributed by atoms with E-state index in [1.807, 2.05) is 19.9 Å². The minimum absolute atomic E-state index is 0.119. The molecule has 6 N–H and O–H groups in total. The molecule has 5 rings (SSSR count). The number of anilines is 2. The molecule has 2 saturated carbocycles. The Hall–Kier alpha value is -2.44. The SMILES string of the molecule is Cc1nc(N[C@H]2CCC[C@H]2O)nc(N[C@@H]2C[C@H](CO)[C@@H](O)[C@H]2O)c1-c1nc2c(C)nccc2s1. The van der Waals surface area contributed by atoms with Crippen LogP contribution in [0.5, 0.6) is 0 Å². The lowest BCUT2D eigenvalue weighted by Gasteiger charge is -2.22. The summed E-state index contributed by atoms with van der Waals surface area (Å²) < 4.78 is 1.00. The standard InChI is InChI=1S/C23H30N6O4S/c1-10-17(22-28-18-11(2)24-7-6-16(18)34-22)21(26-14-8-12(9-30)19(32)20(14)33)29-23(25-10)27-13-4-3-5-15(13)31/h6-7,12-15,19-20,30-33H,3-5,8-9H2,1-2H3,(H2,25,26,27,29)/t12-,13+,14-,15-,19-,20+/m1/s1. The molecule has 0 aliphatic heterocycles. The van der Waals surface area contributed by atoms with Crippen molar-refractivity contribution in [2.75, 3.05) is 17.2 Å². The minimum Gasteiger partial charge on any atom is -0.396 e. The van der Waals surface area contributed by atoms with Crippen LogP contribution in [0.3, 0.4) is 0 Å². The van der Waals surface area contributed by atoms with E-state index in [0.29, 0.717) is 29.4 Å². The molecule has 0 unspecified atom stereocenters. The molecule has 0 amide bonds. The van der Waals surface area contributed by atoms with Crippen LogP contribution in [0.1, 0.15) is 37.1 Å². The van der Waals surface area contributed by atoms with E-state index in [1.165, 1.54) is 11.3 Å². The molecule has 2 aliphatic rings. The van der Waals surface area contributed by atoms with Crippen molar-refractivity contribution in [3.8, 4) is 10.6 Å². The van der Waals surface area contributed by atoms with Crippen LogP contribution in [0.25, 0.3) is 20.8 Å². The first-order chi connectivity index (χ1) is 16.4. The molecular weight excluding hydrogens is 456 g/mol. The number of aliphatic hydroxyl groups excluding tert-OH is 4. The van der Waals surface area contributed by atoms with Crippen molar-refractivity contribution < 1.29 is 20.4 Å². The number of nitrogens with one attached hydrogen (secondary N) is 2. The summed E-state index contributed by atoms with van der Waals surface area (Å²) in [5.41, 5.74) is 3.07. The number of pyridine rings is 1. The summed E-state index contributed by atoms with van der Waals surface area (Å²) >= 11 is 1.51. The molecule has 0 bridgehead atoms. The second-order valence-electron chi connectivity index (χ2n) is 9.28. The summed E-state index contributed by atoms with van der Waals surface area (Å²) in [7, 11) is 0. The van der Waals surface area contributed by atoms with E-state index in [1.54, 1.807) is 6.20 Å². The van der Waals surface area contributed by atoms with Gasteiger partial charge in [0.15, 0.2) is 0 Å². The predicted octanol–water partition coefficient (Wildman–Crippen LogP) is 1.60. The van der Waals surface area contributed by atoms with Gasteiger partial charge in [0.1, 0.15) is 22.4 Å². The molecule has 6 atom stereocenters. The highest BCUT2D eigenvalue weighted by atomic mass is 32.1. The Morgan fingerprint density at radius 2 is 1.82 bits per heavy atom. The first kappa shape index (κ1) is 23.3. The van der Waals surface area contributed by atoms with Gasteiger partial charge in [-0.2, -0.15) is 4.98 Å². The fourth-order valence-corrected chi connectivity index (χ4v) is 6.10. The van der Waals surface area contributed by atoms with E-state index in [0.717, 1.165) is 40.2 Å². The van der Waals surface area contributed by atoms with Gasteiger partial charge in [-0.05, 0) is 45.6 Å². The molecule has 0 aromatic carbocycles. The Kier molecular flexibility index (Phi) is 6.38. The van der Waals surface area contributed by atoms with Crippen LogP contribution < -0.4 is 10.6 Å². The summed E-state index contributed by atoms with van der Waals surface area (Å²) in [6.45, 7) is 3.59. The number of hydrogen-bond donors (Lipinski definition) is 6. The first-order valence-electron chi connectivity index (χ1n) is 11.6. The minimum atomic E-state index is -1.05. The van der Waals surface area contributed by atoms with Crippen molar-refractivity contribution in [2.45, 2.75) is 69.9 Å². The van der Waals surface area contributed by atoms with Crippen molar-refractivity contribution in [1.82, 2.24) is 19.9 Å². The van der Waals surface area contributed by atoms with Crippen molar-refractivity contribution in [3.63, 3.8) is 0 Å². The van der Waals surface area contributed by atoms with Gasteiger partial charge in [-0.3, -0.25) is 4.98 Å². The van der Waals surface area contributed by atoms with E-state index in [-0.39, 0.29) is 12.6 Å². The summed E-state index contributed by atoms with van der Waals surface area (Å²) in [6, 6.07) is 1.31. The highest BCUT2D eigenvalue weighted by molar-refractivity contribution is 7.21. The van der Waals surface area contributed by atoms with Gasteiger partial charge in [0, 0.05) is 18.7 Å². The molecule has 3 aromatic heterocycles. The largest absolute Gasteiger partial charge is 0.396 e. The van der Waals surface area contributed by atoms with E-state index in [9.17, 15) is 20.4 Å². The number of aryl methyl sites for hydroxylation is 2. The van der Waals surface area contributed by atoms with E-state index >= 15 is 0 Å². The van der Waals surface area contributed by atoms with Crippen LogP contribution in [-0.2, 0) is 0 Å². The Labute approximate surface area is 201 Å². The van der Waals surface area contributed by atoms with Gasteiger partial charge in [0.2, 0.25) is 5.95 Å². The average molecular weight is 487 g/mol. The average Bonchev–Trinajstić information content (AvgIpc) is 3.48. The highest BCUT2D eigenvalue weighted by Crippen LogP contribution is 2.38. The molecule has 11 heteroatoms. The van der Waals surface area contributed by atoms with Crippen LogP contribution in [0.15, 0.2) is 12.3 Å². The van der Waals surface area contributed by atoms with Gasteiger partial charge in [-0.1, -0.05) is 0 Å².